The molecule has 0 saturated heterocycles. The number of unbranched alkanes of at least 4 members (excludes halogenated alkanes) is 3. The predicted molar refractivity (Wildman–Crippen MR) is 153 cm³/mol. The van der Waals surface area contributed by atoms with Crippen molar-refractivity contribution in [1.82, 2.24) is 0 Å². The molecule has 0 atom stereocenters. The van der Waals surface area contributed by atoms with Gasteiger partial charge in [-0.3, -0.25) is 0 Å². The molecular weight excluding hydrogens is 630 g/mol. The fourth-order valence-electron chi connectivity index (χ4n) is 4.58. The van der Waals surface area contributed by atoms with E-state index in [1.165, 1.54) is 12.1 Å². The molecule has 0 aliphatic heterocycles. The van der Waals surface area contributed by atoms with E-state index in [2.05, 4.69) is 9.47 Å². The lowest BCUT2D eigenvalue weighted by molar-refractivity contribution is -0.276. The minimum absolute atomic E-state index is 0.0270. The molecular formula is C34H26F10O2. The van der Waals surface area contributed by atoms with Gasteiger partial charge in [-0.2, -0.15) is 8.78 Å². The Labute approximate surface area is 257 Å². The third-order valence-corrected chi connectivity index (χ3v) is 6.90. The summed E-state index contributed by atoms with van der Waals surface area (Å²) in [7, 11) is 0. The van der Waals surface area contributed by atoms with E-state index in [-0.39, 0.29) is 29.7 Å². The fraction of sp³-hybridized carbons (Fsp3) is 0.235. The number of hydrogen-bond acceptors (Lipinski definition) is 2. The second-order valence-electron chi connectivity index (χ2n) is 10.3. The summed E-state index contributed by atoms with van der Waals surface area (Å²) in [5.74, 6) is -10.2. The van der Waals surface area contributed by atoms with Crippen LogP contribution >= 0.6 is 0 Å². The number of hydrogen-bond donors (Lipinski definition) is 0. The lowest BCUT2D eigenvalue weighted by atomic mass is 9.98. The van der Waals surface area contributed by atoms with Crippen molar-refractivity contribution in [1.29, 1.82) is 0 Å². The van der Waals surface area contributed by atoms with Crippen LogP contribution in [-0.4, -0.2) is 6.36 Å². The van der Waals surface area contributed by atoms with Gasteiger partial charge in [-0.25, -0.2) is 22.0 Å². The summed E-state index contributed by atoms with van der Waals surface area (Å²) in [6.07, 6.45) is -6.58. The zero-order valence-corrected chi connectivity index (χ0v) is 24.1. The molecule has 0 saturated carbocycles. The van der Waals surface area contributed by atoms with E-state index in [0.717, 1.165) is 31.4 Å². The molecule has 0 bridgehead atoms. The normalized spacial score (nSPS) is 12.6. The Morgan fingerprint density at radius 2 is 1.13 bits per heavy atom. The van der Waals surface area contributed by atoms with Crippen LogP contribution in [0.4, 0.5) is 43.9 Å². The molecule has 0 radical (unpaired) electrons. The molecule has 4 aromatic rings. The molecule has 0 aliphatic rings. The smallest absolute Gasteiger partial charge is 0.429 e. The van der Waals surface area contributed by atoms with E-state index >= 15 is 0 Å². The highest BCUT2D eigenvalue weighted by molar-refractivity contribution is 5.72. The summed E-state index contributed by atoms with van der Waals surface area (Å²) in [4.78, 5) is 0. The van der Waals surface area contributed by atoms with Crippen LogP contribution in [0.1, 0.15) is 50.2 Å². The van der Waals surface area contributed by atoms with E-state index in [1.54, 1.807) is 36.4 Å². The Kier molecular flexibility index (Phi) is 10.7. The summed E-state index contributed by atoms with van der Waals surface area (Å²) in [5.41, 5.74) is 0.777. The zero-order valence-electron chi connectivity index (χ0n) is 24.1. The molecule has 0 aliphatic carbocycles. The minimum Gasteiger partial charge on any atom is -0.429 e. The lowest BCUT2D eigenvalue weighted by Crippen LogP contribution is -2.24. The standard InChI is InChI=1S/C34H26F10O2/c1-2-3-4-5-6-27(35)31(39)23-13-11-21(12-14-23)20-7-9-22(10-8-20)24-15-16-26(28(36)17-24)33(40,41)45-25-18-29(37)32(30(38)19-25)46-34(42,43)44/h7-19H,2-6H2,1H3/b31-27+. The van der Waals surface area contributed by atoms with E-state index in [9.17, 15) is 43.9 Å². The van der Waals surface area contributed by atoms with Crippen molar-refractivity contribution in [3.8, 4) is 33.8 Å². The van der Waals surface area contributed by atoms with Gasteiger partial charge in [0.15, 0.2) is 17.5 Å². The maximum atomic E-state index is 14.8. The Morgan fingerprint density at radius 1 is 0.609 bits per heavy atom. The van der Waals surface area contributed by atoms with Crippen LogP contribution in [0, 0.1) is 17.5 Å². The van der Waals surface area contributed by atoms with Gasteiger partial charge in [0, 0.05) is 24.1 Å². The molecule has 0 unspecified atom stereocenters. The highest BCUT2D eigenvalue weighted by Crippen LogP contribution is 2.38. The number of benzene rings is 4. The molecule has 12 heteroatoms. The Bertz CT molecular complexity index is 1660. The van der Waals surface area contributed by atoms with Crippen LogP contribution in [0.5, 0.6) is 11.5 Å². The van der Waals surface area contributed by atoms with Gasteiger partial charge < -0.3 is 9.47 Å². The second kappa shape index (κ2) is 14.3. The number of allylic oxidation sites excluding steroid dienone is 1. The zero-order chi connectivity index (χ0) is 33.6. The van der Waals surface area contributed by atoms with Gasteiger partial charge in [0.1, 0.15) is 17.4 Å². The summed E-state index contributed by atoms with van der Waals surface area (Å²) in [5, 5.41) is 0. The van der Waals surface area contributed by atoms with Crippen molar-refractivity contribution in [2.45, 2.75) is 51.5 Å². The monoisotopic (exact) mass is 656 g/mol. The largest absolute Gasteiger partial charge is 0.573 e. The molecule has 0 heterocycles. The van der Waals surface area contributed by atoms with E-state index in [1.807, 2.05) is 6.92 Å². The van der Waals surface area contributed by atoms with Gasteiger partial charge >= 0.3 is 12.5 Å². The fourth-order valence-corrected chi connectivity index (χ4v) is 4.58. The predicted octanol–water partition coefficient (Wildman–Crippen LogP) is 12.0. The van der Waals surface area contributed by atoms with E-state index < -0.39 is 58.6 Å². The Morgan fingerprint density at radius 3 is 1.65 bits per heavy atom. The van der Waals surface area contributed by atoms with Crippen molar-refractivity contribution in [2.75, 3.05) is 0 Å². The molecule has 244 valence electrons. The quantitative estimate of drug-likeness (QED) is 0.112. The van der Waals surface area contributed by atoms with E-state index in [4.69, 9.17) is 0 Å². The lowest BCUT2D eigenvalue weighted by Gasteiger charge is -2.20. The van der Waals surface area contributed by atoms with Crippen molar-refractivity contribution in [2.24, 2.45) is 0 Å². The molecule has 2 nitrogen and oxygen atoms in total. The molecule has 4 rings (SSSR count). The van der Waals surface area contributed by atoms with Gasteiger partial charge in [-0.1, -0.05) is 80.8 Å². The number of alkyl halides is 5. The van der Waals surface area contributed by atoms with Crippen LogP contribution in [0.3, 0.4) is 0 Å². The summed E-state index contributed by atoms with van der Waals surface area (Å²) >= 11 is 0. The van der Waals surface area contributed by atoms with Gasteiger partial charge in [0.05, 0.1) is 5.56 Å². The van der Waals surface area contributed by atoms with Crippen molar-refractivity contribution >= 4 is 5.83 Å². The van der Waals surface area contributed by atoms with Crippen molar-refractivity contribution in [3.05, 3.63) is 113 Å². The maximum Gasteiger partial charge on any atom is 0.573 e. The molecule has 46 heavy (non-hydrogen) atoms. The number of halogens is 10. The van der Waals surface area contributed by atoms with Crippen LogP contribution in [0.25, 0.3) is 28.1 Å². The first kappa shape index (κ1) is 34.4. The number of rotatable bonds is 12. The highest BCUT2D eigenvalue weighted by atomic mass is 19.4. The van der Waals surface area contributed by atoms with Gasteiger partial charge in [0.2, 0.25) is 5.75 Å². The van der Waals surface area contributed by atoms with Crippen molar-refractivity contribution in [3.63, 3.8) is 0 Å². The second-order valence-corrected chi connectivity index (χ2v) is 10.3. The van der Waals surface area contributed by atoms with Gasteiger partial charge in [-0.15, -0.1) is 13.2 Å². The highest BCUT2D eigenvalue weighted by Gasteiger charge is 2.39. The summed E-state index contributed by atoms with van der Waals surface area (Å²) < 4.78 is 145. The third kappa shape index (κ3) is 8.61. The molecule has 0 aromatic heterocycles. The topological polar surface area (TPSA) is 18.5 Å². The van der Waals surface area contributed by atoms with Gasteiger partial charge in [-0.05, 0) is 40.8 Å². The first-order valence-electron chi connectivity index (χ1n) is 14.1. The van der Waals surface area contributed by atoms with Gasteiger partial charge in [0.25, 0.3) is 0 Å². The third-order valence-electron chi connectivity index (χ3n) is 6.90. The molecule has 0 amide bonds. The average Bonchev–Trinajstić information content (AvgIpc) is 3.00. The molecule has 0 fully saturated rings. The molecule has 0 N–H and O–H groups in total. The first-order chi connectivity index (χ1) is 21.7. The van der Waals surface area contributed by atoms with Crippen LogP contribution in [0.2, 0.25) is 0 Å². The SMILES string of the molecule is CCCCCC/C(F)=C(\F)c1ccc(-c2ccc(-c3ccc(C(F)(F)Oc4cc(F)c(OC(F)(F)F)c(F)c4)c(F)c3)cc2)cc1. The summed E-state index contributed by atoms with van der Waals surface area (Å²) in [6, 6.07) is 15.3. The minimum atomic E-state index is -5.45. The molecule has 4 aromatic carbocycles. The van der Waals surface area contributed by atoms with Crippen LogP contribution in [-0.2, 0) is 6.11 Å². The number of ether oxygens (including phenoxy) is 2. The average molecular weight is 657 g/mol. The maximum absolute atomic E-state index is 14.8. The Hall–Kier alpha value is -4.48. The molecule has 0 spiro atoms. The first-order valence-corrected chi connectivity index (χ1v) is 14.1. The van der Waals surface area contributed by atoms with Crippen molar-refractivity contribution < 1.29 is 53.4 Å². The van der Waals surface area contributed by atoms with E-state index in [0.29, 0.717) is 29.2 Å². The summed E-state index contributed by atoms with van der Waals surface area (Å²) in [6.45, 7) is 2.02. The van der Waals surface area contributed by atoms with Crippen LogP contribution in [0.15, 0.2) is 84.7 Å². The van der Waals surface area contributed by atoms with Crippen LogP contribution < -0.4 is 9.47 Å². The Balaban J connectivity index is 1.46.